The zero-order valence-corrected chi connectivity index (χ0v) is 13.1. The van der Waals surface area contributed by atoms with E-state index < -0.39 is 5.54 Å². The summed E-state index contributed by atoms with van der Waals surface area (Å²) in [6.07, 6.45) is 3.61. The Morgan fingerprint density at radius 3 is 2.65 bits per heavy atom. The molecule has 5 nitrogen and oxygen atoms in total. The molecule has 20 heavy (non-hydrogen) atoms. The minimum absolute atomic E-state index is 0.164. The van der Waals surface area contributed by atoms with Gasteiger partial charge in [-0.05, 0) is 59.1 Å². The van der Waals surface area contributed by atoms with Gasteiger partial charge in [-0.2, -0.15) is 5.10 Å². The van der Waals surface area contributed by atoms with Crippen LogP contribution in [0.15, 0.2) is 0 Å². The minimum atomic E-state index is -0.572. The summed E-state index contributed by atoms with van der Waals surface area (Å²) < 4.78 is 7.09. The van der Waals surface area contributed by atoms with Crippen molar-refractivity contribution in [2.45, 2.75) is 58.0 Å². The first-order valence-corrected chi connectivity index (χ1v) is 7.25. The normalized spacial score (nSPS) is 26.6. The maximum Gasteiger partial charge on any atom is 0.326 e. The van der Waals surface area contributed by atoms with Crippen molar-refractivity contribution in [3.05, 3.63) is 17.0 Å². The average molecular weight is 279 g/mol. The van der Waals surface area contributed by atoms with Gasteiger partial charge in [-0.3, -0.25) is 9.48 Å². The maximum atomic E-state index is 12.1. The minimum Gasteiger partial charge on any atom is -0.468 e. The number of ether oxygens (including phenoxy) is 1. The number of esters is 1. The monoisotopic (exact) mass is 279 g/mol. The van der Waals surface area contributed by atoms with E-state index in [-0.39, 0.29) is 12.0 Å². The molecular formula is C15H25N3O2. The lowest BCUT2D eigenvalue weighted by atomic mass is 9.79. The standard InChI is InChI=1S/C15H25N3O2/c1-10-11(2)17-18(12(10)3)13-7-6-8-15(9-13,16-4)14(19)20-5/h13,16H,6-9H2,1-5H3. The van der Waals surface area contributed by atoms with Gasteiger partial charge in [-0.1, -0.05) is 0 Å². The Balaban J connectivity index is 2.30. The summed E-state index contributed by atoms with van der Waals surface area (Å²) in [5.41, 5.74) is 2.94. The smallest absolute Gasteiger partial charge is 0.326 e. The average Bonchev–Trinajstić information content (AvgIpc) is 2.74. The summed E-state index contributed by atoms with van der Waals surface area (Å²) in [4.78, 5) is 12.1. The molecular weight excluding hydrogens is 254 g/mol. The van der Waals surface area contributed by atoms with Gasteiger partial charge in [0, 0.05) is 5.69 Å². The summed E-state index contributed by atoms with van der Waals surface area (Å²) in [6, 6.07) is 0.252. The number of nitrogens with one attached hydrogen (secondary N) is 1. The summed E-state index contributed by atoms with van der Waals surface area (Å²) in [6.45, 7) is 6.24. The highest BCUT2D eigenvalue weighted by Gasteiger charge is 2.43. The highest BCUT2D eigenvalue weighted by molar-refractivity contribution is 5.80. The first-order chi connectivity index (χ1) is 9.45. The molecule has 0 radical (unpaired) electrons. The lowest BCUT2D eigenvalue weighted by Gasteiger charge is -2.38. The lowest BCUT2D eigenvalue weighted by molar-refractivity contribution is -0.150. The fourth-order valence-electron chi connectivity index (χ4n) is 3.27. The number of methoxy groups -OCH3 is 1. The quantitative estimate of drug-likeness (QED) is 0.860. The Hall–Kier alpha value is -1.36. The molecule has 0 amide bonds. The van der Waals surface area contributed by atoms with Crippen LogP contribution in [0.5, 0.6) is 0 Å². The second kappa shape index (κ2) is 5.56. The molecule has 0 aliphatic heterocycles. The van der Waals surface area contributed by atoms with Crippen LogP contribution in [0.1, 0.15) is 48.7 Å². The Kier molecular flexibility index (Phi) is 4.18. The summed E-state index contributed by atoms with van der Waals surface area (Å²) in [7, 11) is 3.30. The largest absolute Gasteiger partial charge is 0.468 e. The first kappa shape index (κ1) is 15.0. The van der Waals surface area contributed by atoms with Crippen LogP contribution in [0.25, 0.3) is 0 Å². The van der Waals surface area contributed by atoms with Gasteiger partial charge in [0.1, 0.15) is 5.54 Å². The van der Waals surface area contributed by atoms with Crippen molar-refractivity contribution < 1.29 is 9.53 Å². The number of carbonyl (C=O) groups is 1. The Morgan fingerprint density at radius 2 is 2.15 bits per heavy atom. The van der Waals surface area contributed by atoms with E-state index in [2.05, 4.69) is 28.9 Å². The van der Waals surface area contributed by atoms with Crippen LogP contribution in [0.4, 0.5) is 0 Å². The molecule has 0 bridgehead atoms. The number of likely N-dealkylation sites (N-methyl/N-ethyl adjacent to an activating group) is 1. The van der Waals surface area contributed by atoms with E-state index in [1.807, 2.05) is 14.0 Å². The second-order valence-electron chi connectivity index (χ2n) is 5.81. The van der Waals surface area contributed by atoms with Crippen molar-refractivity contribution in [1.29, 1.82) is 0 Å². The molecule has 1 aliphatic carbocycles. The van der Waals surface area contributed by atoms with Gasteiger partial charge in [0.05, 0.1) is 18.8 Å². The molecule has 1 N–H and O–H groups in total. The topological polar surface area (TPSA) is 56.1 Å². The Morgan fingerprint density at radius 1 is 1.45 bits per heavy atom. The number of hydrogen-bond acceptors (Lipinski definition) is 4. The number of aryl methyl sites for hydroxylation is 1. The third kappa shape index (κ3) is 2.35. The van der Waals surface area contributed by atoms with Crippen molar-refractivity contribution >= 4 is 5.97 Å². The highest BCUT2D eigenvalue weighted by Crippen LogP contribution is 2.37. The summed E-state index contributed by atoms with van der Waals surface area (Å²) >= 11 is 0. The number of carbonyl (C=O) groups excluding carboxylic acids is 1. The molecule has 2 atom stereocenters. The van der Waals surface area contributed by atoms with Crippen LogP contribution in [-0.4, -0.2) is 35.4 Å². The number of nitrogens with zero attached hydrogens (tertiary/aromatic N) is 2. The van der Waals surface area contributed by atoms with E-state index in [1.165, 1.54) is 18.4 Å². The molecule has 1 aromatic rings. The van der Waals surface area contributed by atoms with Gasteiger partial charge in [0.25, 0.3) is 0 Å². The van der Waals surface area contributed by atoms with Crippen molar-refractivity contribution in [2.75, 3.05) is 14.2 Å². The van der Waals surface area contributed by atoms with E-state index in [0.717, 1.165) is 31.4 Å². The molecule has 5 heteroatoms. The van der Waals surface area contributed by atoms with E-state index in [0.29, 0.717) is 0 Å². The lowest BCUT2D eigenvalue weighted by Crippen LogP contribution is -2.54. The summed E-state index contributed by atoms with van der Waals surface area (Å²) in [5, 5.41) is 7.85. The van der Waals surface area contributed by atoms with Crippen LogP contribution in [0, 0.1) is 20.8 Å². The van der Waals surface area contributed by atoms with Gasteiger partial charge in [0.15, 0.2) is 0 Å². The summed E-state index contributed by atoms with van der Waals surface area (Å²) in [5.74, 6) is -0.164. The molecule has 1 saturated carbocycles. The molecule has 1 aliphatic rings. The van der Waals surface area contributed by atoms with Gasteiger partial charge >= 0.3 is 5.97 Å². The predicted molar refractivity (Wildman–Crippen MR) is 77.7 cm³/mol. The van der Waals surface area contributed by atoms with Crippen LogP contribution >= 0.6 is 0 Å². The van der Waals surface area contributed by atoms with E-state index in [1.54, 1.807) is 0 Å². The number of rotatable bonds is 3. The van der Waals surface area contributed by atoms with Gasteiger partial charge < -0.3 is 10.1 Å². The van der Waals surface area contributed by atoms with Gasteiger partial charge in [-0.25, -0.2) is 0 Å². The molecule has 0 saturated heterocycles. The van der Waals surface area contributed by atoms with E-state index >= 15 is 0 Å². The molecule has 0 aromatic carbocycles. The molecule has 0 spiro atoms. The fraction of sp³-hybridized carbons (Fsp3) is 0.733. The molecule has 1 fully saturated rings. The second-order valence-corrected chi connectivity index (χ2v) is 5.81. The third-order valence-electron chi connectivity index (χ3n) is 4.81. The molecule has 1 aromatic heterocycles. The van der Waals surface area contributed by atoms with Crippen molar-refractivity contribution in [2.24, 2.45) is 0 Å². The Labute approximate surface area is 120 Å². The molecule has 112 valence electrons. The molecule has 2 rings (SSSR count). The van der Waals surface area contributed by atoms with E-state index in [9.17, 15) is 4.79 Å². The van der Waals surface area contributed by atoms with Crippen molar-refractivity contribution in [1.82, 2.24) is 15.1 Å². The number of aromatic nitrogens is 2. The fourth-order valence-corrected chi connectivity index (χ4v) is 3.27. The zero-order valence-electron chi connectivity index (χ0n) is 13.1. The third-order valence-corrected chi connectivity index (χ3v) is 4.81. The highest BCUT2D eigenvalue weighted by atomic mass is 16.5. The maximum absolute atomic E-state index is 12.1. The van der Waals surface area contributed by atoms with Crippen molar-refractivity contribution in [3.63, 3.8) is 0 Å². The number of hydrogen-bond donors (Lipinski definition) is 1. The van der Waals surface area contributed by atoms with Gasteiger partial charge in [-0.15, -0.1) is 0 Å². The first-order valence-electron chi connectivity index (χ1n) is 7.25. The van der Waals surface area contributed by atoms with Crippen LogP contribution in [-0.2, 0) is 9.53 Å². The molecule has 2 unspecified atom stereocenters. The Bertz CT molecular complexity index is 509. The van der Waals surface area contributed by atoms with Crippen LogP contribution in [0.2, 0.25) is 0 Å². The zero-order chi connectivity index (χ0) is 14.9. The van der Waals surface area contributed by atoms with Crippen molar-refractivity contribution in [3.8, 4) is 0 Å². The van der Waals surface area contributed by atoms with Crippen LogP contribution in [0.3, 0.4) is 0 Å². The molecule has 1 heterocycles. The van der Waals surface area contributed by atoms with Gasteiger partial charge in [0.2, 0.25) is 0 Å². The van der Waals surface area contributed by atoms with E-state index in [4.69, 9.17) is 4.74 Å². The van der Waals surface area contributed by atoms with Crippen LogP contribution < -0.4 is 5.32 Å². The predicted octanol–water partition coefficient (Wildman–Crippen LogP) is 2.05. The SMILES string of the molecule is CNC1(C(=O)OC)CCCC(n2nc(C)c(C)c2C)C1.